The molecule has 0 aliphatic heterocycles. The van der Waals surface area contributed by atoms with Crippen molar-refractivity contribution in [3.05, 3.63) is 29.8 Å². The van der Waals surface area contributed by atoms with Crippen LogP contribution in [0.15, 0.2) is 24.3 Å². The second-order valence-electron chi connectivity index (χ2n) is 3.59. The van der Waals surface area contributed by atoms with Crippen LogP contribution in [0.5, 0.6) is 0 Å². The molecule has 0 amide bonds. The van der Waals surface area contributed by atoms with Gasteiger partial charge in [0.1, 0.15) is 0 Å². The zero-order chi connectivity index (χ0) is 12.3. The average Bonchev–Trinajstić information content (AvgIpc) is 2.28. The Kier molecular flexibility index (Phi) is 3.04. The van der Waals surface area contributed by atoms with E-state index < -0.39 is 0 Å². The fourth-order valence-corrected chi connectivity index (χ4v) is 1.41. The first kappa shape index (κ1) is 11.1. The molecule has 4 N–H and O–H groups in total. The number of nitrogens with two attached hydrogens (primary N) is 1. The van der Waals surface area contributed by atoms with Crippen LogP contribution in [-0.4, -0.2) is 22.0 Å². The number of aromatic nitrogens is 3. The van der Waals surface area contributed by atoms with Gasteiger partial charge in [-0.15, -0.1) is 0 Å². The maximum absolute atomic E-state index is 5.58. The summed E-state index contributed by atoms with van der Waals surface area (Å²) in [5, 5.41) is 5.90. The third kappa shape index (κ3) is 2.81. The van der Waals surface area contributed by atoms with Crippen molar-refractivity contribution in [3.8, 4) is 0 Å². The van der Waals surface area contributed by atoms with E-state index in [-0.39, 0.29) is 5.95 Å². The van der Waals surface area contributed by atoms with E-state index in [0.29, 0.717) is 11.9 Å². The molecule has 0 fully saturated rings. The molecule has 0 saturated carbocycles. The number of rotatable bonds is 3. The van der Waals surface area contributed by atoms with Crippen molar-refractivity contribution in [2.45, 2.75) is 6.92 Å². The van der Waals surface area contributed by atoms with Crippen LogP contribution in [0, 0.1) is 6.92 Å². The standard InChI is InChI=1S/C11H14N6/c1-7-4-3-5-8(6-7)14-11-16-9(12)15-10(13-2)17-11/h3-6H,1-2H3,(H4,12,13,14,15,16,17). The van der Waals surface area contributed by atoms with Crippen LogP contribution in [0.2, 0.25) is 0 Å². The summed E-state index contributed by atoms with van der Waals surface area (Å²) in [6, 6.07) is 7.91. The van der Waals surface area contributed by atoms with Gasteiger partial charge in [-0.2, -0.15) is 15.0 Å². The Hall–Kier alpha value is -2.37. The van der Waals surface area contributed by atoms with E-state index in [9.17, 15) is 0 Å². The molecule has 0 aliphatic carbocycles. The topological polar surface area (TPSA) is 88.8 Å². The van der Waals surface area contributed by atoms with E-state index in [1.807, 2.05) is 31.2 Å². The van der Waals surface area contributed by atoms with Gasteiger partial charge < -0.3 is 16.4 Å². The molecule has 2 rings (SSSR count). The van der Waals surface area contributed by atoms with Crippen molar-refractivity contribution in [2.75, 3.05) is 23.4 Å². The van der Waals surface area contributed by atoms with Crippen LogP contribution in [0.1, 0.15) is 5.56 Å². The minimum absolute atomic E-state index is 0.180. The Morgan fingerprint density at radius 1 is 1.12 bits per heavy atom. The SMILES string of the molecule is CNc1nc(N)nc(Nc2cccc(C)c2)n1. The summed E-state index contributed by atoms with van der Waals surface area (Å²) in [5.74, 6) is 1.04. The fourth-order valence-electron chi connectivity index (χ4n) is 1.41. The highest BCUT2D eigenvalue weighted by atomic mass is 15.2. The van der Waals surface area contributed by atoms with Gasteiger partial charge in [-0.1, -0.05) is 12.1 Å². The van der Waals surface area contributed by atoms with Gasteiger partial charge in [-0.25, -0.2) is 0 Å². The van der Waals surface area contributed by atoms with Gasteiger partial charge in [0, 0.05) is 12.7 Å². The number of anilines is 4. The van der Waals surface area contributed by atoms with Crippen molar-refractivity contribution < 1.29 is 0 Å². The Morgan fingerprint density at radius 2 is 1.88 bits per heavy atom. The Balaban J connectivity index is 2.26. The molecule has 0 aliphatic rings. The number of nitrogen functional groups attached to an aromatic ring is 1. The second-order valence-corrected chi connectivity index (χ2v) is 3.59. The molecular weight excluding hydrogens is 216 g/mol. The molecule has 0 atom stereocenters. The molecule has 2 aromatic rings. The highest BCUT2D eigenvalue weighted by molar-refractivity contribution is 5.55. The summed E-state index contributed by atoms with van der Waals surface area (Å²) >= 11 is 0. The largest absolute Gasteiger partial charge is 0.368 e. The monoisotopic (exact) mass is 230 g/mol. The average molecular weight is 230 g/mol. The molecule has 17 heavy (non-hydrogen) atoms. The predicted molar refractivity (Wildman–Crippen MR) is 68.2 cm³/mol. The van der Waals surface area contributed by atoms with Gasteiger partial charge in [0.05, 0.1) is 0 Å². The maximum atomic E-state index is 5.58. The highest BCUT2D eigenvalue weighted by Gasteiger charge is 2.03. The maximum Gasteiger partial charge on any atom is 0.233 e. The molecule has 0 radical (unpaired) electrons. The smallest absolute Gasteiger partial charge is 0.233 e. The van der Waals surface area contributed by atoms with Crippen LogP contribution in [0.3, 0.4) is 0 Å². The second kappa shape index (κ2) is 4.65. The number of nitrogens with one attached hydrogen (secondary N) is 2. The lowest BCUT2D eigenvalue weighted by atomic mass is 10.2. The highest BCUT2D eigenvalue weighted by Crippen LogP contribution is 2.15. The van der Waals surface area contributed by atoms with E-state index in [4.69, 9.17) is 5.73 Å². The number of benzene rings is 1. The van der Waals surface area contributed by atoms with Crippen LogP contribution in [-0.2, 0) is 0 Å². The third-order valence-electron chi connectivity index (χ3n) is 2.15. The molecule has 6 heteroatoms. The first-order valence-electron chi connectivity index (χ1n) is 5.20. The summed E-state index contributed by atoms with van der Waals surface area (Å²) in [6.45, 7) is 2.02. The fraction of sp³-hybridized carbons (Fsp3) is 0.182. The van der Waals surface area contributed by atoms with Crippen molar-refractivity contribution in [1.29, 1.82) is 0 Å². The number of nitrogens with zero attached hydrogens (tertiary/aromatic N) is 3. The minimum Gasteiger partial charge on any atom is -0.368 e. The third-order valence-corrected chi connectivity index (χ3v) is 2.15. The van der Waals surface area contributed by atoms with Gasteiger partial charge in [0.15, 0.2) is 0 Å². The van der Waals surface area contributed by atoms with Gasteiger partial charge in [0.25, 0.3) is 0 Å². The van der Waals surface area contributed by atoms with Crippen LogP contribution >= 0.6 is 0 Å². The van der Waals surface area contributed by atoms with Crippen molar-refractivity contribution in [3.63, 3.8) is 0 Å². The van der Waals surface area contributed by atoms with Gasteiger partial charge in [0.2, 0.25) is 17.8 Å². The van der Waals surface area contributed by atoms with E-state index in [1.165, 1.54) is 0 Å². The van der Waals surface area contributed by atoms with Crippen molar-refractivity contribution in [1.82, 2.24) is 15.0 Å². The first-order valence-corrected chi connectivity index (χ1v) is 5.20. The molecule has 1 heterocycles. The van der Waals surface area contributed by atoms with E-state index >= 15 is 0 Å². The predicted octanol–water partition coefficient (Wildman–Crippen LogP) is 1.55. The molecule has 0 bridgehead atoms. The Labute approximate surface area is 99.3 Å². The zero-order valence-corrected chi connectivity index (χ0v) is 9.73. The van der Waals surface area contributed by atoms with Crippen LogP contribution < -0.4 is 16.4 Å². The van der Waals surface area contributed by atoms with Crippen molar-refractivity contribution in [2.24, 2.45) is 0 Å². The quantitative estimate of drug-likeness (QED) is 0.741. The van der Waals surface area contributed by atoms with E-state index in [1.54, 1.807) is 7.05 Å². The molecule has 6 nitrogen and oxygen atoms in total. The molecular formula is C11H14N6. The molecule has 1 aromatic carbocycles. The summed E-state index contributed by atoms with van der Waals surface area (Å²) in [5.41, 5.74) is 7.65. The van der Waals surface area contributed by atoms with Crippen molar-refractivity contribution >= 4 is 23.5 Å². The molecule has 0 saturated heterocycles. The summed E-state index contributed by atoms with van der Waals surface area (Å²) in [6.07, 6.45) is 0. The molecule has 0 spiro atoms. The Morgan fingerprint density at radius 3 is 2.59 bits per heavy atom. The van der Waals surface area contributed by atoms with Gasteiger partial charge in [-0.3, -0.25) is 0 Å². The number of hydrogen-bond donors (Lipinski definition) is 3. The summed E-state index contributed by atoms with van der Waals surface area (Å²) in [4.78, 5) is 12.1. The lowest BCUT2D eigenvalue weighted by Crippen LogP contribution is -2.06. The minimum atomic E-state index is 0.180. The summed E-state index contributed by atoms with van der Waals surface area (Å²) in [7, 11) is 1.73. The van der Waals surface area contributed by atoms with E-state index in [2.05, 4.69) is 25.6 Å². The summed E-state index contributed by atoms with van der Waals surface area (Å²) < 4.78 is 0. The van der Waals surface area contributed by atoms with E-state index in [0.717, 1.165) is 11.3 Å². The number of aryl methyl sites for hydroxylation is 1. The first-order chi connectivity index (χ1) is 8.17. The zero-order valence-electron chi connectivity index (χ0n) is 9.73. The molecule has 1 aromatic heterocycles. The Bertz CT molecular complexity index is 525. The van der Waals surface area contributed by atoms with Gasteiger partial charge in [-0.05, 0) is 24.6 Å². The van der Waals surface area contributed by atoms with Crippen LogP contribution in [0.4, 0.5) is 23.5 Å². The van der Waals surface area contributed by atoms with Crippen LogP contribution in [0.25, 0.3) is 0 Å². The van der Waals surface area contributed by atoms with Gasteiger partial charge >= 0.3 is 0 Å². The lowest BCUT2D eigenvalue weighted by Gasteiger charge is -2.07. The molecule has 88 valence electrons. The normalized spacial score (nSPS) is 10.0. The molecule has 0 unspecified atom stereocenters. The lowest BCUT2D eigenvalue weighted by molar-refractivity contribution is 1.06. The number of hydrogen-bond acceptors (Lipinski definition) is 6.